The van der Waals surface area contributed by atoms with Crippen LogP contribution in [0.25, 0.3) is 0 Å². The first-order valence-electron chi connectivity index (χ1n) is 8.59. The van der Waals surface area contributed by atoms with Gasteiger partial charge in [-0.3, -0.25) is 0 Å². The Morgan fingerprint density at radius 3 is 1.75 bits per heavy atom. The minimum Gasteiger partial charge on any atom is -0.230 e. The van der Waals surface area contributed by atoms with E-state index in [9.17, 15) is 0 Å². The molecule has 0 aromatic heterocycles. The Hall–Kier alpha value is -1.26. The van der Waals surface area contributed by atoms with Crippen LogP contribution in [-0.4, -0.2) is 16.7 Å². The predicted molar refractivity (Wildman–Crippen MR) is 99.0 cm³/mol. The maximum Gasteiger partial charge on any atom is 0.106 e. The molecule has 24 heavy (non-hydrogen) atoms. The highest BCUT2D eigenvalue weighted by molar-refractivity contribution is 5.24. The van der Waals surface area contributed by atoms with Gasteiger partial charge >= 0.3 is 0 Å². The summed E-state index contributed by atoms with van der Waals surface area (Å²) in [5.74, 6) is 0. The molecule has 0 aliphatic carbocycles. The Morgan fingerprint density at radius 2 is 1.29 bits per heavy atom. The molecule has 0 spiro atoms. The molecular formula is C20H34N2O2. The summed E-state index contributed by atoms with van der Waals surface area (Å²) in [5, 5.41) is 9.24. The van der Waals surface area contributed by atoms with Crippen molar-refractivity contribution in [2.75, 3.05) is 0 Å². The average molecular weight is 335 g/mol. The van der Waals surface area contributed by atoms with Crippen molar-refractivity contribution in [1.82, 2.24) is 0 Å². The van der Waals surface area contributed by atoms with E-state index in [-0.39, 0.29) is 11.1 Å². The van der Waals surface area contributed by atoms with Crippen LogP contribution in [0, 0.1) is 0 Å². The van der Waals surface area contributed by atoms with E-state index in [2.05, 4.69) is 24.2 Å². The van der Waals surface area contributed by atoms with Crippen LogP contribution in [0.15, 0.2) is 40.6 Å². The summed E-state index contributed by atoms with van der Waals surface area (Å²) in [7, 11) is 0. The highest BCUT2D eigenvalue weighted by atomic mass is 17.2. The van der Waals surface area contributed by atoms with Gasteiger partial charge in [-0.15, -0.1) is 0 Å². The van der Waals surface area contributed by atoms with Crippen LogP contribution in [0.4, 0.5) is 0 Å². The van der Waals surface area contributed by atoms with Gasteiger partial charge in [-0.05, 0) is 67.9 Å². The molecule has 0 aliphatic rings. The summed E-state index contributed by atoms with van der Waals surface area (Å²) in [4.78, 5) is 11.3. The zero-order valence-electron chi connectivity index (χ0n) is 16.8. The number of benzene rings is 1. The molecule has 1 unspecified atom stereocenters. The Morgan fingerprint density at radius 1 is 0.750 bits per heavy atom. The minimum absolute atomic E-state index is 0.219. The summed E-state index contributed by atoms with van der Waals surface area (Å²) >= 11 is 0. The summed E-state index contributed by atoms with van der Waals surface area (Å²) in [6.07, 6.45) is 0.652. The van der Waals surface area contributed by atoms with E-state index >= 15 is 0 Å². The second-order valence-electron chi connectivity index (χ2n) is 9.23. The maximum atomic E-state index is 5.74. The second-order valence-corrected chi connectivity index (χ2v) is 9.23. The van der Waals surface area contributed by atoms with Gasteiger partial charge in [-0.2, -0.15) is 10.2 Å². The maximum absolute atomic E-state index is 5.74. The molecule has 136 valence electrons. The Kier molecular flexibility index (Phi) is 6.34. The zero-order valence-corrected chi connectivity index (χ0v) is 16.8. The number of hydrogen-bond acceptors (Lipinski definition) is 4. The Bertz CT molecular complexity index is 539. The molecule has 1 rings (SSSR count). The van der Waals surface area contributed by atoms with Crippen LogP contribution >= 0.6 is 0 Å². The van der Waals surface area contributed by atoms with Gasteiger partial charge in [0.15, 0.2) is 0 Å². The molecule has 0 fully saturated rings. The monoisotopic (exact) mass is 334 g/mol. The van der Waals surface area contributed by atoms with Gasteiger partial charge in [0.05, 0.1) is 11.1 Å². The van der Waals surface area contributed by atoms with Crippen LogP contribution in [0.1, 0.15) is 74.3 Å². The molecule has 1 aromatic carbocycles. The number of hydrogen-bond donors (Lipinski definition) is 0. The minimum atomic E-state index is -0.505. The van der Waals surface area contributed by atoms with Crippen molar-refractivity contribution in [2.24, 2.45) is 10.2 Å². The van der Waals surface area contributed by atoms with Crippen molar-refractivity contribution in [3.8, 4) is 0 Å². The van der Waals surface area contributed by atoms with Crippen molar-refractivity contribution in [3.63, 3.8) is 0 Å². The highest BCUT2D eigenvalue weighted by Crippen LogP contribution is 2.37. The molecule has 0 saturated carbocycles. The second kappa shape index (κ2) is 7.32. The molecule has 0 radical (unpaired) electrons. The molecule has 0 amide bonds. The molecule has 0 N–H and O–H groups in total. The lowest BCUT2D eigenvalue weighted by atomic mass is 9.83. The Balaban J connectivity index is 3.08. The van der Waals surface area contributed by atoms with E-state index in [1.54, 1.807) is 0 Å². The Labute approximate surface area is 147 Å². The summed E-state index contributed by atoms with van der Waals surface area (Å²) < 4.78 is 0. The van der Waals surface area contributed by atoms with Crippen molar-refractivity contribution in [3.05, 3.63) is 35.9 Å². The fraction of sp³-hybridized carbons (Fsp3) is 0.700. The van der Waals surface area contributed by atoms with Gasteiger partial charge in [0.2, 0.25) is 0 Å². The third kappa shape index (κ3) is 7.54. The fourth-order valence-electron chi connectivity index (χ4n) is 2.35. The van der Waals surface area contributed by atoms with Crippen molar-refractivity contribution >= 4 is 0 Å². The average Bonchev–Trinajstić information content (AvgIpc) is 2.43. The van der Waals surface area contributed by atoms with Crippen LogP contribution in [0.3, 0.4) is 0 Å². The third-order valence-electron chi connectivity index (χ3n) is 3.25. The quantitative estimate of drug-likeness (QED) is 0.360. The highest BCUT2D eigenvalue weighted by Gasteiger charge is 2.37. The first-order chi connectivity index (χ1) is 10.7. The van der Waals surface area contributed by atoms with Crippen molar-refractivity contribution < 1.29 is 9.78 Å². The predicted octanol–water partition coefficient (Wildman–Crippen LogP) is 6.07. The molecule has 4 nitrogen and oxygen atoms in total. The molecule has 0 saturated heterocycles. The molecular weight excluding hydrogens is 300 g/mol. The number of nitrogens with zero attached hydrogens (tertiary/aromatic N) is 2. The first kappa shape index (κ1) is 20.8. The SMILES string of the molecule is CC(C)(C)/N=N/C(C)(CC(C)(C)OOC(C)(C)C)c1ccccc1. The smallest absolute Gasteiger partial charge is 0.106 e. The van der Waals surface area contributed by atoms with E-state index in [0.717, 1.165) is 5.56 Å². The zero-order chi connectivity index (χ0) is 18.6. The summed E-state index contributed by atoms with van der Waals surface area (Å²) in [5.41, 5.74) is -0.449. The van der Waals surface area contributed by atoms with E-state index in [1.165, 1.54) is 0 Å². The molecule has 0 aliphatic heterocycles. The largest absolute Gasteiger partial charge is 0.230 e. The van der Waals surface area contributed by atoms with Gasteiger partial charge in [-0.25, -0.2) is 9.78 Å². The van der Waals surface area contributed by atoms with Gasteiger partial charge in [0.25, 0.3) is 0 Å². The van der Waals surface area contributed by atoms with E-state index in [0.29, 0.717) is 6.42 Å². The fourth-order valence-corrected chi connectivity index (χ4v) is 2.35. The number of azo groups is 1. The summed E-state index contributed by atoms with van der Waals surface area (Å²) in [6.45, 7) is 18.2. The van der Waals surface area contributed by atoms with Gasteiger partial charge in [0.1, 0.15) is 11.1 Å². The number of rotatable bonds is 6. The normalized spacial score (nSPS) is 16.4. The molecule has 4 heteroatoms. The standard InChI is InChI=1S/C20H34N2O2/c1-17(2,3)21-22-20(9,16-13-11-10-12-14-16)15-19(7,8)24-23-18(4,5)6/h10-14H,15H2,1-9H3/b22-21+. The summed E-state index contributed by atoms with van der Waals surface area (Å²) in [6, 6.07) is 10.2. The third-order valence-corrected chi connectivity index (χ3v) is 3.25. The van der Waals surface area contributed by atoms with Crippen LogP contribution in [0.5, 0.6) is 0 Å². The first-order valence-corrected chi connectivity index (χ1v) is 8.59. The van der Waals surface area contributed by atoms with Crippen LogP contribution in [0.2, 0.25) is 0 Å². The topological polar surface area (TPSA) is 43.2 Å². The van der Waals surface area contributed by atoms with Crippen LogP contribution in [-0.2, 0) is 15.3 Å². The lowest BCUT2D eigenvalue weighted by Crippen LogP contribution is -2.37. The van der Waals surface area contributed by atoms with Crippen molar-refractivity contribution in [2.45, 2.75) is 91.0 Å². The van der Waals surface area contributed by atoms with E-state index in [1.807, 2.05) is 73.6 Å². The van der Waals surface area contributed by atoms with Crippen LogP contribution < -0.4 is 0 Å². The molecule has 0 heterocycles. The van der Waals surface area contributed by atoms with E-state index in [4.69, 9.17) is 14.9 Å². The molecule has 0 bridgehead atoms. The lowest BCUT2D eigenvalue weighted by molar-refractivity contribution is -0.399. The van der Waals surface area contributed by atoms with E-state index < -0.39 is 11.1 Å². The lowest BCUT2D eigenvalue weighted by Gasteiger charge is -2.35. The van der Waals surface area contributed by atoms with Gasteiger partial charge in [0, 0.05) is 6.42 Å². The van der Waals surface area contributed by atoms with Crippen molar-refractivity contribution in [1.29, 1.82) is 0 Å². The van der Waals surface area contributed by atoms with Gasteiger partial charge < -0.3 is 0 Å². The molecule has 1 atom stereocenters. The molecule has 1 aromatic rings. The van der Waals surface area contributed by atoms with Gasteiger partial charge in [-0.1, -0.05) is 30.3 Å².